The Labute approximate surface area is 167 Å². The van der Waals surface area contributed by atoms with Crippen LogP contribution in [0.5, 0.6) is 0 Å². The first-order chi connectivity index (χ1) is 13.8. The fourth-order valence-electron chi connectivity index (χ4n) is 3.98. The molecule has 1 saturated heterocycles. The van der Waals surface area contributed by atoms with Crippen molar-refractivity contribution >= 4 is 5.91 Å². The Hall–Kier alpha value is -2.21. The highest BCUT2D eigenvalue weighted by atomic mass is 16.5. The summed E-state index contributed by atoms with van der Waals surface area (Å²) in [4.78, 5) is 16.1. The van der Waals surface area contributed by atoms with Gasteiger partial charge in [0.1, 0.15) is 0 Å². The molecule has 150 valence electrons. The zero-order chi connectivity index (χ0) is 19.6. The Morgan fingerprint density at radius 2 is 1.43 bits per heavy atom. The number of unbranched alkanes of at least 4 members (excludes halogenated alkanes) is 2. The molecule has 0 spiro atoms. The van der Waals surface area contributed by atoms with Crippen LogP contribution in [0.15, 0.2) is 60.7 Å². The second kappa shape index (κ2) is 11.0. The van der Waals surface area contributed by atoms with E-state index < -0.39 is 0 Å². The van der Waals surface area contributed by atoms with Crippen LogP contribution in [0.4, 0.5) is 0 Å². The summed E-state index contributed by atoms with van der Waals surface area (Å²) in [6.07, 6.45) is 3.35. The summed E-state index contributed by atoms with van der Waals surface area (Å²) in [6.45, 7) is 5.35. The Morgan fingerprint density at radius 3 is 1.96 bits per heavy atom. The van der Waals surface area contributed by atoms with Gasteiger partial charge in [-0.15, -0.1) is 0 Å². The molecule has 0 unspecified atom stereocenters. The van der Waals surface area contributed by atoms with Crippen molar-refractivity contribution in [1.82, 2.24) is 15.3 Å². The molecule has 0 atom stereocenters. The lowest BCUT2D eigenvalue weighted by Crippen LogP contribution is -2.48. The third kappa shape index (κ3) is 5.89. The van der Waals surface area contributed by atoms with Crippen molar-refractivity contribution in [3.63, 3.8) is 0 Å². The Morgan fingerprint density at radius 1 is 0.857 bits per heavy atom. The van der Waals surface area contributed by atoms with Crippen LogP contribution in [0.1, 0.15) is 42.9 Å². The molecule has 1 aliphatic rings. The Bertz CT molecular complexity index is 661. The number of carbonyl (C=O) groups excluding carboxylic acids is 1. The van der Waals surface area contributed by atoms with Gasteiger partial charge in [0.05, 0.1) is 6.04 Å². The Kier molecular flexibility index (Phi) is 8.03. The number of nitrogens with zero attached hydrogens (tertiary/aromatic N) is 2. The van der Waals surface area contributed by atoms with E-state index in [4.69, 9.17) is 5.21 Å². The molecule has 0 aromatic heterocycles. The van der Waals surface area contributed by atoms with E-state index in [1.165, 1.54) is 11.1 Å². The number of benzene rings is 2. The molecule has 0 bridgehead atoms. The van der Waals surface area contributed by atoms with Crippen LogP contribution in [0, 0.1) is 0 Å². The SMILES string of the molecule is O=C(CCCCCN1CCN(C(c2ccccc2)c2ccccc2)CC1)NO. The number of amides is 1. The molecule has 1 heterocycles. The van der Waals surface area contributed by atoms with Gasteiger partial charge < -0.3 is 4.90 Å². The lowest BCUT2D eigenvalue weighted by Gasteiger charge is -2.39. The van der Waals surface area contributed by atoms with Crippen molar-refractivity contribution in [3.05, 3.63) is 71.8 Å². The van der Waals surface area contributed by atoms with Crippen LogP contribution in [0.25, 0.3) is 0 Å². The predicted octanol–water partition coefficient (Wildman–Crippen LogP) is 3.46. The van der Waals surface area contributed by atoms with E-state index in [9.17, 15) is 4.79 Å². The van der Waals surface area contributed by atoms with Gasteiger partial charge in [0.25, 0.3) is 0 Å². The monoisotopic (exact) mass is 381 g/mol. The van der Waals surface area contributed by atoms with Crippen LogP contribution in [-0.2, 0) is 4.79 Å². The van der Waals surface area contributed by atoms with Crippen molar-refractivity contribution in [2.45, 2.75) is 31.7 Å². The van der Waals surface area contributed by atoms with E-state index >= 15 is 0 Å². The maximum atomic E-state index is 11.0. The highest BCUT2D eigenvalue weighted by Crippen LogP contribution is 2.29. The zero-order valence-corrected chi connectivity index (χ0v) is 16.5. The molecule has 0 saturated carbocycles. The Balaban J connectivity index is 1.51. The van der Waals surface area contributed by atoms with Gasteiger partial charge in [-0.3, -0.25) is 14.9 Å². The highest BCUT2D eigenvalue weighted by molar-refractivity contribution is 5.74. The fraction of sp³-hybridized carbons (Fsp3) is 0.435. The summed E-state index contributed by atoms with van der Waals surface area (Å²) in [5.41, 5.74) is 4.40. The standard InChI is InChI=1S/C23H31N3O2/c27-22(24-28)14-8-3-9-15-25-16-18-26(19-17-25)23(20-10-4-1-5-11-20)21-12-6-2-7-13-21/h1-2,4-7,10-13,23,28H,3,8-9,14-19H2,(H,24,27). The van der Waals surface area contributed by atoms with Gasteiger partial charge in [-0.2, -0.15) is 0 Å². The average Bonchev–Trinajstić information content (AvgIpc) is 2.76. The number of carbonyl (C=O) groups is 1. The number of hydroxylamine groups is 1. The van der Waals surface area contributed by atoms with Gasteiger partial charge in [0, 0.05) is 32.6 Å². The zero-order valence-electron chi connectivity index (χ0n) is 16.5. The van der Waals surface area contributed by atoms with Crippen LogP contribution >= 0.6 is 0 Å². The molecule has 5 nitrogen and oxygen atoms in total. The van der Waals surface area contributed by atoms with E-state index in [2.05, 4.69) is 70.5 Å². The summed E-state index contributed by atoms with van der Waals surface area (Å²) in [7, 11) is 0. The average molecular weight is 382 g/mol. The summed E-state index contributed by atoms with van der Waals surface area (Å²) in [5, 5.41) is 8.52. The number of rotatable bonds is 9. The van der Waals surface area contributed by atoms with Crippen molar-refractivity contribution < 1.29 is 10.0 Å². The fourth-order valence-corrected chi connectivity index (χ4v) is 3.98. The third-order valence-electron chi connectivity index (χ3n) is 5.51. The molecule has 2 aromatic rings. The summed E-state index contributed by atoms with van der Waals surface area (Å²) < 4.78 is 0. The number of hydrogen-bond acceptors (Lipinski definition) is 4. The molecular weight excluding hydrogens is 350 g/mol. The largest absolute Gasteiger partial charge is 0.301 e. The highest BCUT2D eigenvalue weighted by Gasteiger charge is 2.25. The van der Waals surface area contributed by atoms with E-state index in [1.807, 2.05) is 0 Å². The second-order valence-electron chi connectivity index (χ2n) is 7.45. The minimum Gasteiger partial charge on any atom is -0.301 e. The molecule has 3 rings (SSSR count). The quantitative estimate of drug-likeness (QED) is 0.397. The minimum absolute atomic E-state index is 0.290. The van der Waals surface area contributed by atoms with Gasteiger partial charge in [-0.25, -0.2) is 5.48 Å². The van der Waals surface area contributed by atoms with E-state index in [0.29, 0.717) is 12.5 Å². The van der Waals surface area contributed by atoms with Gasteiger partial charge in [-0.05, 0) is 30.5 Å². The molecule has 28 heavy (non-hydrogen) atoms. The van der Waals surface area contributed by atoms with E-state index in [1.54, 1.807) is 5.48 Å². The van der Waals surface area contributed by atoms with Crippen molar-refractivity contribution in [3.8, 4) is 0 Å². The number of hydrogen-bond donors (Lipinski definition) is 2. The molecule has 0 aliphatic carbocycles. The number of nitrogens with one attached hydrogen (secondary N) is 1. The van der Waals surface area contributed by atoms with Gasteiger partial charge in [-0.1, -0.05) is 67.1 Å². The maximum absolute atomic E-state index is 11.0. The van der Waals surface area contributed by atoms with Crippen molar-refractivity contribution in [2.75, 3.05) is 32.7 Å². The smallest absolute Gasteiger partial charge is 0.243 e. The first-order valence-corrected chi connectivity index (χ1v) is 10.3. The first-order valence-electron chi connectivity index (χ1n) is 10.3. The van der Waals surface area contributed by atoms with Crippen LogP contribution in [0.2, 0.25) is 0 Å². The summed E-state index contributed by atoms with van der Waals surface area (Å²) in [6, 6.07) is 21.9. The molecule has 0 radical (unpaired) electrons. The van der Waals surface area contributed by atoms with Gasteiger partial charge in [0.15, 0.2) is 0 Å². The number of piperazine rings is 1. The van der Waals surface area contributed by atoms with Crippen molar-refractivity contribution in [2.24, 2.45) is 0 Å². The molecule has 2 aromatic carbocycles. The van der Waals surface area contributed by atoms with E-state index in [-0.39, 0.29) is 5.91 Å². The normalized spacial score (nSPS) is 15.6. The minimum atomic E-state index is -0.290. The molecule has 1 fully saturated rings. The molecular formula is C23H31N3O2. The topological polar surface area (TPSA) is 55.8 Å². The summed E-state index contributed by atoms with van der Waals surface area (Å²) in [5.74, 6) is -0.290. The third-order valence-corrected chi connectivity index (χ3v) is 5.51. The van der Waals surface area contributed by atoms with Crippen LogP contribution in [-0.4, -0.2) is 53.6 Å². The van der Waals surface area contributed by atoms with Gasteiger partial charge in [0.2, 0.25) is 5.91 Å². The maximum Gasteiger partial charge on any atom is 0.243 e. The molecule has 2 N–H and O–H groups in total. The second-order valence-corrected chi connectivity index (χ2v) is 7.45. The first kappa shape index (κ1) is 20.5. The predicted molar refractivity (Wildman–Crippen MR) is 111 cm³/mol. The summed E-state index contributed by atoms with van der Waals surface area (Å²) >= 11 is 0. The van der Waals surface area contributed by atoms with Gasteiger partial charge >= 0.3 is 0 Å². The molecule has 1 aliphatic heterocycles. The molecule has 5 heteroatoms. The van der Waals surface area contributed by atoms with Crippen LogP contribution in [0.3, 0.4) is 0 Å². The van der Waals surface area contributed by atoms with Crippen LogP contribution < -0.4 is 5.48 Å². The van der Waals surface area contributed by atoms with Crippen molar-refractivity contribution in [1.29, 1.82) is 0 Å². The molecule has 1 amide bonds. The lowest BCUT2D eigenvalue weighted by atomic mass is 9.96. The van der Waals surface area contributed by atoms with E-state index in [0.717, 1.165) is 52.0 Å². The lowest BCUT2D eigenvalue weighted by molar-refractivity contribution is -0.129.